The van der Waals surface area contributed by atoms with Crippen molar-refractivity contribution in [3.8, 4) is 0 Å². The van der Waals surface area contributed by atoms with Crippen LogP contribution in [0.15, 0.2) is 30.6 Å². The van der Waals surface area contributed by atoms with Crippen LogP contribution in [0.4, 0.5) is 0 Å². The third kappa shape index (κ3) is 2.47. The summed E-state index contributed by atoms with van der Waals surface area (Å²) in [4.78, 5) is 7.34. The van der Waals surface area contributed by atoms with E-state index in [1.54, 1.807) is 0 Å². The normalized spacial score (nSPS) is 30.9. The molecule has 1 N–H and O–H groups in total. The van der Waals surface area contributed by atoms with Crippen LogP contribution in [-0.4, -0.2) is 39.0 Å². The lowest BCUT2D eigenvalue weighted by Gasteiger charge is -2.45. The van der Waals surface area contributed by atoms with E-state index in [9.17, 15) is 0 Å². The van der Waals surface area contributed by atoms with Gasteiger partial charge in [-0.1, -0.05) is 6.07 Å². The minimum absolute atomic E-state index is 0.297. The minimum atomic E-state index is 0.297. The molecular weight excluding hydrogens is 260 g/mol. The molecule has 4 heteroatoms. The third-order valence-electron chi connectivity index (χ3n) is 5.21. The maximum Gasteiger partial charge on any atom is 0.137 e. The Hall–Kier alpha value is -1.39. The summed E-state index contributed by atoms with van der Waals surface area (Å²) in [6.07, 6.45) is 7.01. The highest BCUT2D eigenvalue weighted by Gasteiger charge is 2.45. The van der Waals surface area contributed by atoms with Gasteiger partial charge in [0, 0.05) is 43.6 Å². The zero-order valence-electron chi connectivity index (χ0n) is 12.9. The van der Waals surface area contributed by atoms with Crippen molar-refractivity contribution in [3.05, 3.63) is 36.3 Å². The molecule has 2 aromatic heterocycles. The van der Waals surface area contributed by atoms with E-state index >= 15 is 0 Å². The van der Waals surface area contributed by atoms with Crippen molar-refractivity contribution in [3.63, 3.8) is 0 Å². The SMILES string of the molecule is CC1CNC(C)(C2CC2)CN1Cc1cn2ccccc2n1. The second-order valence-electron chi connectivity index (χ2n) is 7.02. The first kappa shape index (κ1) is 13.3. The Morgan fingerprint density at radius 3 is 3.00 bits per heavy atom. The molecule has 1 aliphatic heterocycles. The first-order chi connectivity index (χ1) is 10.1. The van der Waals surface area contributed by atoms with Crippen LogP contribution in [0.5, 0.6) is 0 Å². The summed E-state index contributed by atoms with van der Waals surface area (Å²) < 4.78 is 2.11. The molecule has 2 aliphatic rings. The molecule has 2 atom stereocenters. The largest absolute Gasteiger partial charge is 0.308 e. The topological polar surface area (TPSA) is 32.6 Å². The molecule has 3 heterocycles. The van der Waals surface area contributed by atoms with Gasteiger partial charge in [-0.2, -0.15) is 0 Å². The molecular formula is C17H24N4. The van der Waals surface area contributed by atoms with E-state index in [2.05, 4.69) is 53.0 Å². The van der Waals surface area contributed by atoms with Crippen LogP contribution in [-0.2, 0) is 6.54 Å². The van der Waals surface area contributed by atoms with Crippen molar-refractivity contribution in [2.75, 3.05) is 13.1 Å². The number of rotatable bonds is 3. The van der Waals surface area contributed by atoms with Gasteiger partial charge in [-0.3, -0.25) is 4.90 Å². The van der Waals surface area contributed by atoms with Crippen LogP contribution in [0.2, 0.25) is 0 Å². The Labute approximate surface area is 126 Å². The van der Waals surface area contributed by atoms with E-state index < -0.39 is 0 Å². The van der Waals surface area contributed by atoms with Gasteiger partial charge in [-0.25, -0.2) is 4.98 Å². The standard InChI is InChI=1S/C17H24N4/c1-13-9-18-17(2,14-6-7-14)12-21(13)11-15-10-20-8-4-3-5-16(20)19-15/h3-5,8,10,13-14,18H,6-7,9,11-12H2,1-2H3. The van der Waals surface area contributed by atoms with Gasteiger partial charge in [0.25, 0.3) is 0 Å². The summed E-state index contributed by atoms with van der Waals surface area (Å²) in [5, 5.41) is 3.78. The molecule has 4 nitrogen and oxygen atoms in total. The van der Waals surface area contributed by atoms with E-state index in [0.717, 1.165) is 31.2 Å². The third-order valence-corrected chi connectivity index (χ3v) is 5.21. The molecule has 1 saturated carbocycles. The van der Waals surface area contributed by atoms with Gasteiger partial charge in [-0.15, -0.1) is 0 Å². The predicted molar refractivity (Wildman–Crippen MR) is 84.2 cm³/mol. The summed E-state index contributed by atoms with van der Waals surface area (Å²) >= 11 is 0. The average Bonchev–Trinajstić information content (AvgIpc) is 3.25. The predicted octanol–water partition coefficient (Wildman–Crippen LogP) is 2.30. The lowest BCUT2D eigenvalue weighted by Crippen LogP contribution is -2.62. The van der Waals surface area contributed by atoms with Crippen LogP contribution in [0, 0.1) is 5.92 Å². The fourth-order valence-electron chi connectivity index (χ4n) is 3.62. The maximum atomic E-state index is 4.75. The van der Waals surface area contributed by atoms with Gasteiger partial charge in [0.15, 0.2) is 0 Å². The van der Waals surface area contributed by atoms with Crippen LogP contribution in [0.25, 0.3) is 5.65 Å². The Kier molecular flexibility index (Phi) is 3.05. The molecule has 1 saturated heterocycles. The van der Waals surface area contributed by atoms with Gasteiger partial charge in [-0.05, 0) is 44.7 Å². The Morgan fingerprint density at radius 1 is 1.38 bits per heavy atom. The molecule has 21 heavy (non-hydrogen) atoms. The van der Waals surface area contributed by atoms with E-state index in [4.69, 9.17) is 4.98 Å². The molecule has 2 unspecified atom stereocenters. The molecule has 112 valence electrons. The van der Waals surface area contributed by atoms with Crippen molar-refractivity contribution >= 4 is 5.65 Å². The molecule has 0 radical (unpaired) electrons. The molecule has 0 spiro atoms. The number of nitrogens with one attached hydrogen (secondary N) is 1. The fraction of sp³-hybridized carbons (Fsp3) is 0.588. The number of aromatic nitrogens is 2. The first-order valence-electron chi connectivity index (χ1n) is 8.06. The van der Waals surface area contributed by atoms with Gasteiger partial charge < -0.3 is 9.72 Å². The van der Waals surface area contributed by atoms with Crippen LogP contribution in [0.1, 0.15) is 32.4 Å². The second-order valence-corrected chi connectivity index (χ2v) is 7.02. The quantitative estimate of drug-likeness (QED) is 0.938. The number of hydrogen-bond acceptors (Lipinski definition) is 3. The summed E-state index contributed by atoms with van der Waals surface area (Å²) in [6.45, 7) is 7.88. The van der Waals surface area contributed by atoms with Crippen molar-refractivity contribution in [1.29, 1.82) is 0 Å². The van der Waals surface area contributed by atoms with Crippen LogP contribution in [0.3, 0.4) is 0 Å². The summed E-state index contributed by atoms with van der Waals surface area (Å²) in [6, 6.07) is 6.74. The smallest absolute Gasteiger partial charge is 0.137 e. The van der Waals surface area contributed by atoms with E-state index in [-0.39, 0.29) is 0 Å². The van der Waals surface area contributed by atoms with Crippen molar-refractivity contribution in [1.82, 2.24) is 19.6 Å². The first-order valence-corrected chi connectivity index (χ1v) is 8.06. The summed E-state index contributed by atoms with van der Waals surface area (Å²) in [5.41, 5.74) is 2.51. The Balaban J connectivity index is 1.54. The van der Waals surface area contributed by atoms with Gasteiger partial charge in [0.1, 0.15) is 5.65 Å². The Bertz CT molecular complexity index is 612. The van der Waals surface area contributed by atoms with E-state index in [1.165, 1.54) is 18.5 Å². The number of pyridine rings is 1. The monoisotopic (exact) mass is 284 g/mol. The highest BCUT2D eigenvalue weighted by Crippen LogP contribution is 2.41. The highest BCUT2D eigenvalue weighted by molar-refractivity contribution is 5.39. The van der Waals surface area contributed by atoms with Crippen molar-refractivity contribution in [2.45, 2.75) is 44.8 Å². The van der Waals surface area contributed by atoms with Crippen LogP contribution < -0.4 is 5.32 Å². The lowest BCUT2D eigenvalue weighted by atomic mass is 9.91. The molecule has 0 bridgehead atoms. The summed E-state index contributed by atoms with van der Waals surface area (Å²) in [7, 11) is 0. The fourth-order valence-corrected chi connectivity index (χ4v) is 3.62. The molecule has 1 aliphatic carbocycles. The van der Waals surface area contributed by atoms with E-state index in [0.29, 0.717) is 11.6 Å². The van der Waals surface area contributed by atoms with Crippen molar-refractivity contribution in [2.24, 2.45) is 5.92 Å². The number of imidazole rings is 1. The molecule has 2 aromatic rings. The number of hydrogen-bond donors (Lipinski definition) is 1. The second kappa shape index (κ2) is 4.82. The zero-order valence-corrected chi connectivity index (χ0v) is 12.9. The molecule has 0 amide bonds. The Morgan fingerprint density at radius 2 is 2.24 bits per heavy atom. The summed E-state index contributed by atoms with van der Waals surface area (Å²) in [5.74, 6) is 0.869. The van der Waals surface area contributed by atoms with Gasteiger partial charge >= 0.3 is 0 Å². The molecule has 4 rings (SSSR count). The lowest BCUT2D eigenvalue weighted by molar-refractivity contribution is 0.0761. The number of fused-ring (bicyclic) bond motifs is 1. The zero-order chi connectivity index (χ0) is 14.4. The highest BCUT2D eigenvalue weighted by atomic mass is 15.3. The average molecular weight is 284 g/mol. The maximum absolute atomic E-state index is 4.75. The number of piperazine rings is 1. The minimum Gasteiger partial charge on any atom is -0.308 e. The van der Waals surface area contributed by atoms with Gasteiger partial charge in [0.05, 0.1) is 5.69 Å². The van der Waals surface area contributed by atoms with Gasteiger partial charge in [0.2, 0.25) is 0 Å². The molecule has 0 aromatic carbocycles. The van der Waals surface area contributed by atoms with E-state index in [1.807, 2.05) is 6.07 Å². The van der Waals surface area contributed by atoms with Crippen LogP contribution >= 0.6 is 0 Å². The van der Waals surface area contributed by atoms with Crippen molar-refractivity contribution < 1.29 is 0 Å². The number of nitrogens with zero attached hydrogens (tertiary/aromatic N) is 3. The molecule has 2 fully saturated rings.